The lowest BCUT2D eigenvalue weighted by molar-refractivity contribution is 0.395. The molecule has 2 N–H and O–H groups in total. The Bertz CT molecular complexity index is 415. The molecule has 0 bridgehead atoms. The van der Waals surface area contributed by atoms with E-state index in [1.54, 1.807) is 14.2 Å². The van der Waals surface area contributed by atoms with Crippen molar-refractivity contribution in [2.75, 3.05) is 33.9 Å². The number of rotatable bonds is 6. The van der Waals surface area contributed by atoms with Crippen LogP contribution in [0.1, 0.15) is 17.5 Å². The summed E-state index contributed by atoms with van der Waals surface area (Å²) in [6, 6.07) is 4.74. The first-order chi connectivity index (χ1) is 9.24. The molecule has 0 spiro atoms. The summed E-state index contributed by atoms with van der Waals surface area (Å²) >= 11 is 0. The van der Waals surface area contributed by atoms with E-state index in [9.17, 15) is 0 Å². The zero-order valence-corrected chi connectivity index (χ0v) is 12.1. The monoisotopic (exact) mass is 264 g/mol. The van der Waals surface area contributed by atoms with E-state index < -0.39 is 0 Å². The van der Waals surface area contributed by atoms with Crippen LogP contribution >= 0.6 is 0 Å². The zero-order chi connectivity index (χ0) is 13.7. The van der Waals surface area contributed by atoms with Gasteiger partial charge >= 0.3 is 0 Å². The van der Waals surface area contributed by atoms with Crippen molar-refractivity contribution in [1.29, 1.82) is 0 Å². The van der Waals surface area contributed by atoms with Crippen LogP contribution in [0.4, 0.5) is 0 Å². The lowest BCUT2D eigenvalue weighted by atomic mass is 10.1. The molecule has 0 amide bonds. The first-order valence-electron chi connectivity index (χ1n) is 6.90. The SMILES string of the molecule is COc1cc(CCNC2CCNC2)c(OC)cc1C. The summed E-state index contributed by atoms with van der Waals surface area (Å²) in [5.41, 5.74) is 2.31. The van der Waals surface area contributed by atoms with E-state index in [4.69, 9.17) is 9.47 Å². The van der Waals surface area contributed by atoms with E-state index in [2.05, 4.69) is 16.7 Å². The second kappa shape index (κ2) is 6.78. The van der Waals surface area contributed by atoms with E-state index in [1.807, 2.05) is 13.0 Å². The van der Waals surface area contributed by atoms with Gasteiger partial charge in [0.15, 0.2) is 0 Å². The number of hydrogen-bond acceptors (Lipinski definition) is 4. The van der Waals surface area contributed by atoms with Crippen LogP contribution in [0.15, 0.2) is 12.1 Å². The summed E-state index contributed by atoms with van der Waals surface area (Å²) in [6.07, 6.45) is 2.17. The van der Waals surface area contributed by atoms with Crippen LogP contribution in [-0.4, -0.2) is 39.9 Å². The molecule has 1 aliphatic rings. The number of methoxy groups -OCH3 is 2. The van der Waals surface area contributed by atoms with Gasteiger partial charge in [-0.05, 0) is 56.1 Å². The molecule has 1 saturated heterocycles. The Morgan fingerprint density at radius 1 is 1.26 bits per heavy atom. The normalized spacial score (nSPS) is 18.6. The first-order valence-corrected chi connectivity index (χ1v) is 6.90. The summed E-state index contributed by atoms with van der Waals surface area (Å²) in [5.74, 6) is 1.88. The van der Waals surface area contributed by atoms with Crippen molar-refractivity contribution in [1.82, 2.24) is 10.6 Å². The Morgan fingerprint density at radius 3 is 2.68 bits per heavy atom. The van der Waals surface area contributed by atoms with Gasteiger partial charge in [-0.1, -0.05) is 0 Å². The van der Waals surface area contributed by atoms with Gasteiger partial charge in [0.25, 0.3) is 0 Å². The van der Waals surface area contributed by atoms with Crippen LogP contribution in [0, 0.1) is 6.92 Å². The van der Waals surface area contributed by atoms with Crippen molar-refractivity contribution >= 4 is 0 Å². The van der Waals surface area contributed by atoms with Crippen LogP contribution in [0.3, 0.4) is 0 Å². The average molecular weight is 264 g/mol. The van der Waals surface area contributed by atoms with Gasteiger partial charge in [-0.15, -0.1) is 0 Å². The maximum absolute atomic E-state index is 5.45. The molecule has 19 heavy (non-hydrogen) atoms. The largest absolute Gasteiger partial charge is 0.496 e. The summed E-state index contributed by atoms with van der Waals surface area (Å²) < 4.78 is 10.8. The molecule has 1 aliphatic heterocycles. The first kappa shape index (κ1) is 14.2. The predicted octanol–water partition coefficient (Wildman–Crippen LogP) is 1.51. The van der Waals surface area contributed by atoms with Crippen molar-refractivity contribution < 1.29 is 9.47 Å². The fourth-order valence-electron chi connectivity index (χ4n) is 2.55. The molecule has 0 radical (unpaired) electrons. The zero-order valence-electron chi connectivity index (χ0n) is 12.1. The third-order valence-electron chi connectivity index (χ3n) is 3.69. The second-order valence-electron chi connectivity index (χ2n) is 5.03. The summed E-state index contributed by atoms with van der Waals surface area (Å²) in [4.78, 5) is 0. The van der Waals surface area contributed by atoms with Gasteiger partial charge in [0.2, 0.25) is 0 Å². The van der Waals surface area contributed by atoms with E-state index in [-0.39, 0.29) is 0 Å². The van der Waals surface area contributed by atoms with Crippen molar-refractivity contribution in [3.05, 3.63) is 23.3 Å². The number of benzene rings is 1. The molecule has 1 heterocycles. The minimum absolute atomic E-state index is 0.610. The molecule has 1 aromatic carbocycles. The molecular formula is C15H24N2O2. The minimum Gasteiger partial charge on any atom is -0.496 e. The standard InChI is InChI=1S/C15H24N2O2/c1-11-8-15(19-3)12(9-14(11)18-2)4-7-17-13-5-6-16-10-13/h8-9,13,16-17H,4-7,10H2,1-3H3. The van der Waals surface area contributed by atoms with Gasteiger partial charge in [-0.25, -0.2) is 0 Å². The van der Waals surface area contributed by atoms with Crippen LogP contribution in [0.5, 0.6) is 11.5 Å². The second-order valence-corrected chi connectivity index (χ2v) is 5.03. The topological polar surface area (TPSA) is 42.5 Å². The fourth-order valence-corrected chi connectivity index (χ4v) is 2.55. The molecule has 0 aromatic heterocycles. The van der Waals surface area contributed by atoms with Crippen LogP contribution in [0.25, 0.3) is 0 Å². The number of ether oxygens (including phenoxy) is 2. The highest BCUT2D eigenvalue weighted by molar-refractivity contribution is 5.46. The van der Waals surface area contributed by atoms with Gasteiger partial charge in [0.1, 0.15) is 11.5 Å². The molecular weight excluding hydrogens is 240 g/mol. The van der Waals surface area contributed by atoms with Gasteiger partial charge in [-0.3, -0.25) is 0 Å². The molecule has 0 aliphatic carbocycles. The number of aryl methyl sites for hydroxylation is 1. The minimum atomic E-state index is 0.610. The average Bonchev–Trinajstić information content (AvgIpc) is 2.93. The smallest absolute Gasteiger partial charge is 0.122 e. The van der Waals surface area contributed by atoms with E-state index >= 15 is 0 Å². The predicted molar refractivity (Wildman–Crippen MR) is 77.3 cm³/mol. The summed E-state index contributed by atoms with van der Waals surface area (Å²) in [5, 5.41) is 6.94. The molecule has 1 unspecified atom stereocenters. The molecule has 1 atom stereocenters. The van der Waals surface area contributed by atoms with Gasteiger partial charge in [0.05, 0.1) is 14.2 Å². The highest BCUT2D eigenvalue weighted by atomic mass is 16.5. The Hall–Kier alpha value is -1.26. The third-order valence-corrected chi connectivity index (χ3v) is 3.69. The van der Waals surface area contributed by atoms with Crippen LogP contribution in [0.2, 0.25) is 0 Å². The Morgan fingerprint density at radius 2 is 2.05 bits per heavy atom. The molecule has 4 nitrogen and oxygen atoms in total. The maximum atomic E-state index is 5.45. The maximum Gasteiger partial charge on any atom is 0.122 e. The van der Waals surface area contributed by atoms with E-state index in [1.165, 1.54) is 12.0 Å². The third kappa shape index (κ3) is 3.61. The Balaban J connectivity index is 1.97. The van der Waals surface area contributed by atoms with Crippen LogP contribution in [-0.2, 0) is 6.42 Å². The van der Waals surface area contributed by atoms with Crippen molar-refractivity contribution in [3.8, 4) is 11.5 Å². The number of nitrogens with one attached hydrogen (secondary N) is 2. The van der Waals surface area contributed by atoms with E-state index in [0.29, 0.717) is 6.04 Å². The lowest BCUT2D eigenvalue weighted by Gasteiger charge is -2.15. The molecule has 1 fully saturated rings. The Kier molecular flexibility index (Phi) is 5.05. The highest BCUT2D eigenvalue weighted by Crippen LogP contribution is 2.28. The number of hydrogen-bond donors (Lipinski definition) is 2. The van der Waals surface area contributed by atoms with Gasteiger partial charge < -0.3 is 20.1 Å². The molecule has 0 saturated carbocycles. The van der Waals surface area contributed by atoms with Crippen LogP contribution < -0.4 is 20.1 Å². The van der Waals surface area contributed by atoms with E-state index in [0.717, 1.165) is 43.1 Å². The Labute approximate surface area is 115 Å². The highest BCUT2D eigenvalue weighted by Gasteiger charge is 2.14. The quantitative estimate of drug-likeness (QED) is 0.817. The molecule has 106 valence electrons. The van der Waals surface area contributed by atoms with Crippen molar-refractivity contribution in [2.45, 2.75) is 25.8 Å². The van der Waals surface area contributed by atoms with Gasteiger partial charge in [-0.2, -0.15) is 0 Å². The van der Waals surface area contributed by atoms with Gasteiger partial charge in [0, 0.05) is 12.6 Å². The lowest BCUT2D eigenvalue weighted by Crippen LogP contribution is -2.32. The molecule has 4 heteroatoms. The van der Waals surface area contributed by atoms with Crippen molar-refractivity contribution in [3.63, 3.8) is 0 Å². The molecule has 1 aromatic rings. The summed E-state index contributed by atoms with van der Waals surface area (Å²) in [6.45, 7) is 5.20. The summed E-state index contributed by atoms with van der Waals surface area (Å²) in [7, 11) is 3.43. The fraction of sp³-hybridized carbons (Fsp3) is 0.600. The molecule has 2 rings (SSSR count). The van der Waals surface area contributed by atoms with Crippen molar-refractivity contribution in [2.24, 2.45) is 0 Å².